The summed E-state index contributed by atoms with van der Waals surface area (Å²) in [7, 11) is 1.41. The molecule has 0 aliphatic rings. The molecular formula is C20H14Cl2F2N3O2P. The Labute approximate surface area is 183 Å². The van der Waals surface area contributed by atoms with E-state index in [1.807, 2.05) is 0 Å². The summed E-state index contributed by atoms with van der Waals surface area (Å²) in [5.74, 6) is -0.791. The third-order valence-electron chi connectivity index (χ3n) is 3.83. The molecule has 154 valence electrons. The fourth-order valence-electron chi connectivity index (χ4n) is 2.39. The monoisotopic (exact) mass is 467 g/mol. The van der Waals surface area contributed by atoms with Crippen LogP contribution in [-0.4, -0.2) is 16.8 Å². The van der Waals surface area contributed by atoms with Gasteiger partial charge in [0, 0.05) is 33.4 Å². The molecule has 0 fully saturated rings. The van der Waals surface area contributed by atoms with Crippen LogP contribution < -0.4 is 4.74 Å². The minimum atomic E-state index is -3.39. The highest BCUT2D eigenvalue weighted by Crippen LogP contribution is 2.39. The van der Waals surface area contributed by atoms with Crippen LogP contribution in [0.2, 0.25) is 10.0 Å². The van der Waals surface area contributed by atoms with Crippen LogP contribution in [0.4, 0.5) is 8.78 Å². The molecule has 3 aromatic rings. The lowest BCUT2D eigenvalue weighted by Gasteiger charge is -2.17. The Morgan fingerprint density at radius 3 is 2.07 bits per heavy atom. The number of rotatable bonds is 5. The first-order chi connectivity index (χ1) is 14.1. The summed E-state index contributed by atoms with van der Waals surface area (Å²) in [6.45, 7) is 0. The van der Waals surface area contributed by atoms with Crippen LogP contribution in [0.5, 0.6) is 11.6 Å². The van der Waals surface area contributed by atoms with Gasteiger partial charge in [-0.1, -0.05) is 32.4 Å². The number of halogens is 4. The lowest BCUT2D eigenvalue weighted by molar-refractivity contribution is 0.103. The topological polar surface area (TPSA) is 79.0 Å². The number of aromatic nitrogens is 1. The molecule has 1 aromatic heterocycles. The van der Waals surface area contributed by atoms with Crippen molar-refractivity contribution in [2.75, 3.05) is 0 Å². The highest BCUT2D eigenvalue weighted by atomic mass is 35.5. The number of hydrogen-bond donors (Lipinski definition) is 2. The van der Waals surface area contributed by atoms with Crippen molar-refractivity contribution in [1.29, 1.82) is 10.8 Å². The largest absolute Gasteiger partial charge is 0.439 e. The average Bonchev–Trinajstić information content (AvgIpc) is 2.69. The zero-order valence-electron chi connectivity index (χ0n) is 15.1. The maximum absolute atomic E-state index is 14.2. The lowest BCUT2D eigenvalue weighted by Crippen LogP contribution is -2.18. The van der Waals surface area contributed by atoms with Crippen LogP contribution in [-0.2, 0) is 10.4 Å². The van der Waals surface area contributed by atoms with Crippen molar-refractivity contribution in [2.24, 2.45) is 0 Å². The molecule has 10 heteroatoms. The molecule has 2 N–H and O–H groups in total. The van der Waals surface area contributed by atoms with Gasteiger partial charge in [0.1, 0.15) is 5.75 Å². The van der Waals surface area contributed by atoms with E-state index in [-0.39, 0.29) is 11.4 Å². The molecule has 1 unspecified atom stereocenters. The molecule has 3 rings (SSSR count). The van der Waals surface area contributed by atoms with Crippen LogP contribution in [0, 0.1) is 10.8 Å². The summed E-state index contributed by atoms with van der Waals surface area (Å²) in [4.78, 5) is 3.98. The van der Waals surface area contributed by atoms with Crippen LogP contribution in [0.1, 0.15) is 16.7 Å². The minimum Gasteiger partial charge on any atom is -0.439 e. The van der Waals surface area contributed by atoms with Gasteiger partial charge in [0.05, 0.1) is 5.56 Å². The van der Waals surface area contributed by atoms with Gasteiger partial charge in [-0.15, -0.1) is 0 Å². The SMILES string of the molecule is N=C(OC(=N)c1cnc(Oc2ccc(Cl)cc2)cc1C(F)(F)P)c1ccc(Cl)cc1. The maximum atomic E-state index is 14.2. The standard InChI is InChI=1S/C20H14Cl2F2N3O2P/c21-12-3-1-11(2-4-12)18(25)29-19(26)15-10-27-17(9-16(15)20(23,24)30)28-14-7-5-13(22)6-8-14/h1-10,25-26H,30H2. The maximum Gasteiger partial charge on any atom is 0.284 e. The summed E-state index contributed by atoms with van der Waals surface area (Å²) in [5, 5.41) is 17.0. The predicted octanol–water partition coefficient (Wildman–Crippen LogP) is 6.47. The quantitative estimate of drug-likeness (QED) is 0.256. The summed E-state index contributed by atoms with van der Waals surface area (Å²) in [6, 6.07) is 13.4. The molecule has 1 heterocycles. The summed E-state index contributed by atoms with van der Waals surface area (Å²) in [6.07, 6.45) is 1.04. The number of hydrogen-bond acceptors (Lipinski definition) is 5. The Morgan fingerprint density at radius 1 is 0.933 bits per heavy atom. The molecule has 5 nitrogen and oxygen atoms in total. The molecule has 0 saturated heterocycles. The Bertz CT molecular complexity index is 1090. The van der Waals surface area contributed by atoms with Crippen molar-refractivity contribution in [1.82, 2.24) is 4.98 Å². The number of alkyl halides is 2. The first kappa shape index (κ1) is 22.1. The van der Waals surface area contributed by atoms with Crippen LogP contribution in [0.25, 0.3) is 0 Å². The molecule has 0 aliphatic heterocycles. The van der Waals surface area contributed by atoms with Crippen molar-refractivity contribution in [3.05, 3.63) is 87.5 Å². The van der Waals surface area contributed by atoms with Crippen LogP contribution in [0.3, 0.4) is 0 Å². The molecule has 0 aliphatic carbocycles. The highest BCUT2D eigenvalue weighted by Gasteiger charge is 2.31. The van der Waals surface area contributed by atoms with Gasteiger partial charge in [-0.2, -0.15) is 8.78 Å². The highest BCUT2D eigenvalue weighted by molar-refractivity contribution is 7.17. The second kappa shape index (κ2) is 9.04. The molecule has 0 radical (unpaired) electrons. The van der Waals surface area contributed by atoms with Gasteiger partial charge in [-0.25, -0.2) is 4.98 Å². The van der Waals surface area contributed by atoms with Gasteiger partial charge in [-0.05, 0) is 48.5 Å². The van der Waals surface area contributed by atoms with Crippen molar-refractivity contribution in [2.45, 2.75) is 5.66 Å². The number of nitrogens with zero attached hydrogens (tertiary/aromatic N) is 1. The van der Waals surface area contributed by atoms with E-state index in [0.29, 0.717) is 21.4 Å². The Kier molecular flexibility index (Phi) is 6.66. The molecule has 0 bridgehead atoms. The fourth-order valence-corrected chi connectivity index (χ4v) is 2.88. The Balaban J connectivity index is 1.85. The number of benzene rings is 2. The first-order valence-electron chi connectivity index (χ1n) is 8.35. The van der Waals surface area contributed by atoms with E-state index >= 15 is 0 Å². The zero-order valence-corrected chi connectivity index (χ0v) is 17.8. The second-order valence-electron chi connectivity index (χ2n) is 6.01. The van der Waals surface area contributed by atoms with E-state index in [2.05, 4.69) is 4.98 Å². The number of nitrogens with one attached hydrogen (secondary N) is 2. The molecule has 30 heavy (non-hydrogen) atoms. The van der Waals surface area contributed by atoms with E-state index in [0.717, 1.165) is 12.3 Å². The van der Waals surface area contributed by atoms with Gasteiger partial charge in [0.25, 0.3) is 5.66 Å². The Morgan fingerprint density at radius 2 is 1.50 bits per heavy atom. The van der Waals surface area contributed by atoms with E-state index in [9.17, 15) is 8.78 Å². The number of ether oxygens (including phenoxy) is 2. The lowest BCUT2D eigenvalue weighted by atomic mass is 10.1. The smallest absolute Gasteiger partial charge is 0.284 e. The van der Waals surface area contributed by atoms with E-state index in [4.69, 9.17) is 43.5 Å². The van der Waals surface area contributed by atoms with Gasteiger partial charge >= 0.3 is 0 Å². The van der Waals surface area contributed by atoms with Crippen molar-refractivity contribution in [3.8, 4) is 11.6 Å². The third-order valence-corrected chi connectivity index (χ3v) is 4.64. The van der Waals surface area contributed by atoms with Crippen LogP contribution >= 0.6 is 32.4 Å². The van der Waals surface area contributed by atoms with Gasteiger partial charge in [0.2, 0.25) is 17.7 Å². The van der Waals surface area contributed by atoms with E-state index in [1.54, 1.807) is 36.4 Å². The van der Waals surface area contributed by atoms with Crippen molar-refractivity contribution in [3.63, 3.8) is 0 Å². The second-order valence-corrected chi connectivity index (χ2v) is 7.61. The van der Waals surface area contributed by atoms with Crippen molar-refractivity contribution >= 4 is 44.2 Å². The zero-order chi connectivity index (χ0) is 21.9. The van der Waals surface area contributed by atoms with Crippen molar-refractivity contribution < 1.29 is 18.3 Å². The third kappa shape index (κ3) is 5.51. The summed E-state index contributed by atoms with van der Waals surface area (Å²) >= 11 is 11.6. The van der Waals surface area contributed by atoms with E-state index < -0.39 is 23.0 Å². The molecule has 0 amide bonds. The van der Waals surface area contributed by atoms with E-state index in [1.165, 1.54) is 21.4 Å². The first-order valence-corrected chi connectivity index (χ1v) is 9.68. The van der Waals surface area contributed by atoms with Crippen LogP contribution in [0.15, 0.2) is 60.8 Å². The van der Waals surface area contributed by atoms with Gasteiger partial charge < -0.3 is 9.47 Å². The molecule has 2 aromatic carbocycles. The Hall–Kier alpha value is -2.60. The normalized spacial score (nSPS) is 11.1. The summed E-state index contributed by atoms with van der Waals surface area (Å²) < 4.78 is 39.0. The van der Waals surface area contributed by atoms with Gasteiger partial charge in [0.15, 0.2) is 0 Å². The number of pyridine rings is 1. The fraction of sp³-hybridized carbons (Fsp3) is 0.0500. The molecular weight excluding hydrogens is 454 g/mol. The molecule has 1 atom stereocenters. The molecule has 0 spiro atoms. The average molecular weight is 468 g/mol. The summed E-state index contributed by atoms with van der Waals surface area (Å²) in [5.41, 5.74) is -3.90. The minimum absolute atomic E-state index is 0.0984. The molecule has 0 saturated carbocycles. The van der Waals surface area contributed by atoms with Gasteiger partial charge in [-0.3, -0.25) is 10.8 Å². The predicted molar refractivity (Wildman–Crippen MR) is 116 cm³/mol.